The number of aliphatic carboxylic acids is 1. The van der Waals surface area contributed by atoms with E-state index in [-0.39, 0.29) is 24.8 Å². The van der Waals surface area contributed by atoms with Crippen LogP contribution in [0.4, 0.5) is 0 Å². The van der Waals surface area contributed by atoms with Crippen molar-refractivity contribution in [3.8, 4) is 0 Å². The monoisotopic (exact) mass is 566 g/mol. The molecule has 4 rings (SSSR count). The summed E-state index contributed by atoms with van der Waals surface area (Å²) in [7, 11) is -3.56. The SMILES string of the molecule is CCC(CNS(=O)(=O)C1(C)CC1)N1C(=O)C(CC(=O)O)CC(c2cccc(Cl)c2)C1c1ccc(Cl)cc1. The number of piperidine rings is 1. The maximum Gasteiger partial charge on any atom is 0.304 e. The molecule has 0 aromatic heterocycles. The first-order chi connectivity index (χ1) is 17.5. The van der Waals surface area contributed by atoms with Gasteiger partial charge in [-0.05, 0) is 68.0 Å². The number of rotatable bonds is 10. The van der Waals surface area contributed by atoms with Gasteiger partial charge in [-0.15, -0.1) is 0 Å². The minimum Gasteiger partial charge on any atom is -0.481 e. The van der Waals surface area contributed by atoms with Gasteiger partial charge in [0.05, 0.1) is 17.2 Å². The number of carboxylic acid groups (broad SMARTS) is 1. The molecule has 0 radical (unpaired) electrons. The summed E-state index contributed by atoms with van der Waals surface area (Å²) >= 11 is 12.5. The van der Waals surface area contributed by atoms with Gasteiger partial charge in [0.1, 0.15) is 0 Å². The summed E-state index contributed by atoms with van der Waals surface area (Å²) in [6.45, 7) is 3.67. The Kier molecular flexibility index (Phi) is 8.24. The number of hydrogen-bond donors (Lipinski definition) is 2. The van der Waals surface area contributed by atoms with Crippen molar-refractivity contribution in [1.29, 1.82) is 0 Å². The highest BCUT2D eigenvalue weighted by molar-refractivity contribution is 7.91. The van der Waals surface area contributed by atoms with E-state index in [1.807, 2.05) is 37.3 Å². The Morgan fingerprint density at radius 2 is 1.81 bits per heavy atom. The predicted molar refractivity (Wildman–Crippen MR) is 144 cm³/mol. The number of likely N-dealkylation sites (tertiary alicyclic amines) is 1. The molecule has 37 heavy (non-hydrogen) atoms. The summed E-state index contributed by atoms with van der Waals surface area (Å²) in [6.07, 6.45) is 1.71. The van der Waals surface area contributed by atoms with Gasteiger partial charge in [-0.2, -0.15) is 0 Å². The van der Waals surface area contributed by atoms with Crippen LogP contribution in [0.5, 0.6) is 0 Å². The van der Waals surface area contributed by atoms with Crippen LogP contribution >= 0.6 is 23.2 Å². The van der Waals surface area contributed by atoms with Crippen molar-refractivity contribution in [2.75, 3.05) is 6.54 Å². The van der Waals surface area contributed by atoms with Gasteiger partial charge in [0.25, 0.3) is 0 Å². The van der Waals surface area contributed by atoms with Crippen LogP contribution < -0.4 is 4.72 Å². The topological polar surface area (TPSA) is 104 Å². The zero-order valence-corrected chi connectivity index (χ0v) is 23.2. The second-order valence-electron chi connectivity index (χ2n) is 10.3. The van der Waals surface area contributed by atoms with Gasteiger partial charge < -0.3 is 10.0 Å². The van der Waals surface area contributed by atoms with E-state index < -0.39 is 38.7 Å². The molecular weight excluding hydrogens is 535 g/mol. The molecule has 200 valence electrons. The van der Waals surface area contributed by atoms with Crippen molar-refractivity contribution in [3.05, 3.63) is 69.7 Å². The number of carboxylic acids is 1. The lowest BCUT2D eigenvalue weighted by Crippen LogP contribution is -2.55. The Labute approximate surface area is 228 Å². The summed E-state index contributed by atoms with van der Waals surface area (Å²) in [5.41, 5.74) is 1.73. The Hall–Kier alpha value is -2.13. The molecule has 4 unspecified atom stereocenters. The molecule has 4 atom stereocenters. The smallest absolute Gasteiger partial charge is 0.304 e. The van der Waals surface area contributed by atoms with Crippen LogP contribution in [-0.4, -0.2) is 47.6 Å². The molecule has 0 spiro atoms. The van der Waals surface area contributed by atoms with Gasteiger partial charge in [-0.25, -0.2) is 13.1 Å². The normalized spacial score (nSPS) is 24.1. The molecule has 2 aromatic carbocycles. The summed E-state index contributed by atoms with van der Waals surface area (Å²) in [5, 5.41) is 10.7. The highest BCUT2D eigenvalue weighted by Gasteiger charge is 2.51. The Morgan fingerprint density at radius 1 is 1.14 bits per heavy atom. The van der Waals surface area contributed by atoms with Gasteiger partial charge >= 0.3 is 5.97 Å². The average Bonchev–Trinajstić information content (AvgIpc) is 3.61. The molecule has 2 fully saturated rings. The maximum absolute atomic E-state index is 13.9. The van der Waals surface area contributed by atoms with E-state index in [9.17, 15) is 23.1 Å². The molecular formula is C27H32Cl2N2O5S. The number of amides is 1. The van der Waals surface area contributed by atoms with Crippen molar-refractivity contribution >= 4 is 45.1 Å². The predicted octanol–water partition coefficient (Wildman–Crippen LogP) is 5.39. The van der Waals surface area contributed by atoms with Crippen LogP contribution in [-0.2, 0) is 19.6 Å². The summed E-state index contributed by atoms with van der Waals surface area (Å²) in [6, 6.07) is 13.7. The van der Waals surface area contributed by atoms with E-state index in [1.54, 1.807) is 30.0 Å². The largest absolute Gasteiger partial charge is 0.481 e. The van der Waals surface area contributed by atoms with Crippen LogP contribution in [0.1, 0.15) is 69.0 Å². The van der Waals surface area contributed by atoms with E-state index in [1.165, 1.54) is 0 Å². The fraction of sp³-hybridized carbons (Fsp3) is 0.481. The highest BCUT2D eigenvalue weighted by Crippen LogP contribution is 2.48. The fourth-order valence-electron chi connectivity index (χ4n) is 5.24. The lowest BCUT2D eigenvalue weighted by atomic mass is 9.74. The first kappa shape index (κ1) is 27.9. The second kappa shape index (κ2) is 10.9. The van der Waals surface area contributed by atoms with Crippen molar-refractivity contribution in [1.82, 2.24) is 9.62 Å². The third kappa shape index (κ3) is 5.98. The molecule has 0 bridgehead atoms. The number of hydrogen-bond acceptors (Lipinski definition) is 4. The molecule has 2 aliphatic rings. The minimum absolute atomic E-state index is 0.0479. The second-order valence-corrected chi connectivity index (χ2v) is 13.5. The number of nitrogens with one attached hydrogen (secondary N) is 1. The van der Waals surface area contributed by atoms with E-state index in [0.717, 1.165) is 11.1 Å². The number of sulfonamides is 1. The quantitative estimate of drug-likeness (QED) is 0.401. The zero-order chi connectivity index (χ0) is 27.0. The summed E-state index contributed by atoms with van der Waals surface area (Å²) in [5.74, 6) is -2.35. The Morgan fingerprint density at radius 3 is 2.38 bits per heavy atom. The first-order valence-corrected chi connectivity index (χ1v) is 14.7. The molecule has 1 heterocycles. The van der Waals surface area contributed by atoms with E-state index >= 15 is 0 Å². The maximum atomic E-state index is 13.9. The molecule has 2 N–H and O–H groups in total. The van der Waals surface area contributed by atoms with Crippen molar-refractivity contribution in [2.24, 2.45) is 5.92 Å². The molecule has 10 heteroatoms. The molecule has 2 aromatic rings. The lowest BCUT2D eigenvalue weighted by Gasteiger charge is -2.48. The van der Waals surface area contributed by atoms with Gasteiger partial charge in [-0.1, -0.05) is 54.4 Å². The number of carbonyl (C=O) groups is 2. The summed E-state index contributed by atoms with van der Waals surface area (Å²) in [4.78, 5) is 27.4. The van der Waals surface area contributed by atoms with Gasteiger partial charge in [0.2, 0.25) is 15.9 Å². The van der Waals surface area contributed by atoms with E-state index in [2.05, 4.69) is 4.72 Å². The average molecular weight is 568 g/mol. The Balaban J connectivity index is 1.79. The van der Waals surface area contributed by atoms with Crippen LogP contribution in [0, 0.1) is 5.92 Å². The minimum atomic E-state index is -3.56. The molecule has 1 saturated heterocycles. The molecule has 7 nitrogen and oxygen atoms in total. The van der Waals surface area contributed by atoms with Crippen LogP contribution in [0.3, 0.4) is 0 Å². The highest BCUT2D eigenvalue weighted by atomic mass is 35.5. The van der Waals surface area contributed by atoms with E-state index in [4.69, 9.17) is 23.2 Å². The number of nitrogens with zero attached hydrogens (tertiary/aromatic N) is 1. The standard InChI is InChI=1S/C27H32Cl2N2O5S/c1-3-22(16-30-37(35,36)27(2)11-12-27)31-25(17-7-9-20(28)10-8-17)23(18-5-4-6-21(29)13-18)14-19(26(31)34)15-24(32)33/h4-10,13,19,22-23,25,30H,3,11-12,14-16H2,1-2H3,(H,32,33). The first-order valence-electron chi connectivity index (χ1n) is 12.5. The number of carbonyl (C=O) groups excluding carboxylic acids is 1. The van der Waals surface area contributed by atoms with Crippen molar-refractivity contribution in [3.63, 3.8) is 0 Å². The molecule has 1 saturated carbocycles. The van der Waals surface area contributed by atoms with Crippen LogP contribution in [0.25, 0.3) is 0 Å². The van der Waals surface area contributed by atoms with Gasteiger partial charge in [0.15, 0.2) is 0 Å². The lowest BCUT2D eigenvalue weighted by molar-refractivity contribution is -0.152. The number of benzene rings is 2. The van der Waals surface area contributed by atoms with Gasteiger partial charge in [-0.3, -0.25) is 9.59 Å². The van der Waals surface area contributed by atoms with Crippen molar-refractivity contribution in [2.45, 2.75) is 68.7 Å². The molecule has 1 amide bonds. The number of halogens is 2. The molecule has 1 aliphatic heterocycles. The van der Waals surface area contributed by atoms with Crippen LogP contribution in [0.2, 0.25) is 10.0 Å². The van der Waals surface area contributed by atoms with E-state index in [0.29, 0.717) is 35.7 Å². The third-order valence-corrected chi connectivity index (χ3v) is 10.4. The molecule has 1 aliphatic carbocycles. The fourth-order valence-corrected chi connectivity index (χ4v) is 6.96. The third-order valence-electron chi connectivity index (χ3n) is 7.71. The van der Waals surface area contributed by atoms with Crippen LogP contribution in [0.15, 0.2) is 48.5 Å². The zero-order valence-electron chi connectivity index (χ0n) is 20.9. The Bertz CT molecular complexity index is 1260. The van der Waals surface area contributed by atoms with Crippen molar-refractivity contribution < 1.29 is 23.1 Å². The van der Waals surface area contributed by atoms with Gasteiger partial charge in [0, 0.05) is 34.5 Å². The summed E-state index contributed by atoms with van der Waals surface area (Å²) < 4.78 is 27.8.